The first-order valence-corrected chi connectivity index (χ1v) is 8.14. The monoisotopic (exact) mass is 296 g/mol. The van der Waals surface area contributed by atoms with E-state index in [1.807, 2.05) is 12.1 Å². The van der Waals surface area contributed by atoms with Gasteiger partial charge >= 0.3 is 0 Å². The number of nitrogens with one attached hydrogen (secondary N) is 1. The molecule has 3 heterocycles. The summed E-state index contributed by atoms with van der Waals surface area (Å²) in [5.41, 5.74) is 2.62. The molecule has 1 saturated heterocycles. The van der Waals surface area contributed by atoms with Gasteiger partial charge in [0.25, 0.3) is 0 Å². The molecular weight excluding hydrogens is 276 g/mol. The molecule has 1 fully saturated rings. The van der Waals surface area contributed by atoms with E-state index in [9.17, 15) is 0 Å². The van der Waals surface area contributed by atoms with Crippen LogP contribution in [-0.2, 0) is 19.4 Å². The minimum atomic E-state index is 0.348. The van der Waals surface area contributed by atoms with Crippen molar-refractivity contribution in [2.24, 2.45) is 0 Å². The molecule has 0 saturated carbocycles. The van der Waals surface area contributed by atoms with Gasteiger partial charge in [-0.2, -0.15) is 5.26 Å². The molecule has 0 amide bonds. The highest BCUT2D eigenvalue weighted by Gasteiger charge is 2.30. The van der Waals surface area contributed by atoms with Crippen LogP contribution in [0.4, 0.5) is 0 Å². The van der Waals surface area contributed by atoms with E-state index >= 15 is 0 Å². The smallest absolute Gasteiger partial charge is 0.203 e. The van der Waals surface area contributed by atoms with E-state index in [0.717, 1.165) is 43.9 Å². The molecule has 114 valence electrons. The van der Waals surface area contributed by atoms with Gasteiger partial charge in [0.15, 0.2) is 0 Å². The maximum Gasteiger partial charge on any atom is 0.203 e. The van der Waals surface area contributed by atoms with E-state index in [0.29, 0.717) is 11.8 Å². The first-order valence-electron chi connectivity index (χ1n) is 8.14. The van der Waals surface area contributed by atoms with Crippen LogP contribution < -0.4 is 0 Å². The number of aryl methyl sites for hydroxylation is 2. The summed E-state index contributed by atoms with van der Waals surface area (Å²) in [5.74, 6) is 2.37. The fraction of sp³-hybridized carbons (Fsp3) is 0.529. The number of nitrogens with zero attached hydrogens (tertiary/aromatic N) is 3. The molecule has 0 bridgehead atoms. The topological polar surface area (TPSA) is 68.8 Å². The molecule has 1 N–H and O–H groups in total. The third kappa shape index (κ3) is 2.44. The number of aromatic amines is 1. The summed E-state index contributed by atoms with van der Waals surface area (Å²) in [4.78, 5) is 10.8. The minimum Gasteiger partial charge on any atom is -0.449 e. The lowest BCUT2D eigenvalue weighted by Gasteiger charge is -2.21. The number of H-pyrrole nitrogens is 1. The molecule has 0 unspecified atom stereocenters. The molecule has 1 atom stereocenters. The highest BCUT2D eigenvalue weighted by atomic mass is 16.3. The Morgan fingerprint density at radius 3 is 3.05 bits per heavy atom. The first-order chi connectivity index (χ1) is 10.8. The summed E-state index contributed by atoms with van der Waals surface area (Å²) in [6.45, 7) is 1.80. The predicted octanol–water partition coefficient (Wildman–Crippen LogP) is 3.09. The summed E-state index contributed by atoms with van der Waals surface area (Å²) < 4.78 is 5.53. The number of fused-ring (bicyclic) bond motifs is 1. The third-order valence-corrected chi connectivity index (χ3v) is 4.78. The quantitative estimate of drug-likeness (QED) is 0.945. The second-order valence-electron chi connectivity index (χ2n) is 6.26. The van der Waals surface area contributed by atoms with Crippen LogP contribution in [0, 0.1) is 11.3 Å². The summed E-state index contributed by atoms with van der Waals surface area (Å²) >= 11 is 0. The van der Waals surface area contributed by atoms with Crippen LogP contribution in [0.3, 0.4) is 0 Å². The fourth-order valence-corrected chi connectivity index (χ4v) is 3.68. The van der Waals surface area contributed by atoms with E-state index in [-0.39, 0.29) is 0 Å². The molecule has 0 spiro atoms. The van der Waals surface area contributed by atoms with E-state index in [4.69, 9.17) is 14.7 Å². The van der Waals surface area contributed by atoms with Gasteiger partial charge in [0.05, 0.1) is 18.3 Å². The van der Waals surface area contributed by atoms with Crippen LogP contribution in [-0.4, -0.2) is 21.4 Å². The zero-order chi connectivity index (χ0) is 14.9. The third-order valence-electron chi connectivity index (χ3n) is 4.78. The lowest BCUT2D eigenvalue weighted by molar-refractivity contribution is 0.221. The van der Waals surface area contributed by atoms with E-state index in [1.165, 1.54) is 30.7 Å². The van der Waals surface area contributed by atoms with Crippen LogP contribution in [0.2, 0.25) is 0 Å². The molecule has 22 heavy (non-hydrogen) atoms. The summed E-state index contributed by atoms with van der Waals surface area (Å²) in [6, 6.07) is 6.04. The Balaban J connectivity index is 1.53. The highest BCUT2D eigenvalue weighted by Crippen LogP contribution is 2.33. The average Bonchev–Trinajstić information content (AvgIpc) is 3.25. The maximum atomic E-state index is 8.86. The molecule has 5 heteroatoms. The van der Waals surface area contributed by atoms with Crippen molar-refractivity contribution in [1.29, 1.82) is 5.26 Å². The lowest BCUT2D eigenvalue weighted by atomic mass is 10.0. The fourth-order valence-electron chi connectivity index (χ4n) is 3.68. The minimum absolute atomic E-state index is 0.348. The molecule has 2 aliphatic rings. The molecule has 2 aromatic rings. The van der Waals surface area contributed by atoms with Crippen molar-refractivity contribution in [2.45, 2.75) is 51.1 Å². The second kappa shape index (κ2) is 5.62. The zero-order valence-electron chi connectivity index (χ0n) is 12.6. The van der Waals surface area contributed by atoms with Crippen LogP contribution in [0.15, 0.2) is 16.5 Å². The molecule has 1 aliphatic heterocycles. The lowest BCUT2D eigenvalue weighted by Crippen LogP contribution is -2.23. The number of furan rings is 1. The molecule has 1 aliphatic carbocycles. The Hall–Kier alpha value is -2.06. The predicted molar refractivity (Wildman–Crippen MR) is 81.0 cm³/mol. The Bertz CT molecular complexity index is 685. The molecule has 5 nitrogen and oxygen atoms in total. The van der Waals surface area contributed by atoms with Gasteiger partial charge in [-0.05, 0) is 57.2 Å². The Kier molecular flexibility index (Phi) is 3.47. The largest absolute Gasteiger partial charge is 0.449 e. The highest BCUT2D eigenvalue weighted by molar-refractivity contribution is 5.21. The van der Waals surface area contributed by atoms with E-state index in [2.05, 4.69) is 9.88 Å². The molecular formula is C17H20N4O. The number of rotatable bonds is 3. The van der Waals surface area contributed by atoms with Crippen molar-refractivity contribution in [3.63, 3.8) is 0 Å². The van der Waals surface area contributed by atoms with Crippen molar-refractivity contribution in [2.75, 3.05) is 6.54 Å². The van der Waals surface area contributed by atoms with Gasteiger partial charge in [0, 0.05) is 5.69 Å². The van der Waals surface area contributed by atoms with Gasteiger partial charge in [-0.3, -0.25) is 4.90 Å². The van der Waals surface area contributed by atoms with Gasteiger partial charge in [-0.15, -0.1) is 0 Å². The Labute approximate surface area is 130 Å². The average molecular weight is 296 g/mol. The Morgan fingerprint density at radius 1 is 1.32 bits per heavy atom. The van der Waals surface area contributed by atoms with Crippen LogP contribution in [0.5, 0.6) is 0 Å². The van der Waals surface area contributed by atoms with Crippen LogP contribution in [0.1, 0.15) is 60.5 Å². The normalized spacial score (nSPS) is 21.7. The van der Waals surface area contributed by atoms with Gasteiger partial charge in [0.1, 0.15) is 17.7 Å². The van der Waals surface area contributed by atoms with E-state index < -0.39 is 0 Å². The van der Waals surface area contributed by atoms with Crippen molar-refractivity contribution in [1.82, 2.24) is 14.9 Å². The van der Waals surface area contributed by atoms with Crippen molar-refractivity contribution in [3.05, 3.63) is 40.9 Å². The van der Waals surface area contributed by atoms with Crippen molar-refractivity contribution >= 4 is 0 Å². The SMILES string of the molecule is N#Cc1ccc(CN2CCC[C@H]2c2nc3c([nH]2)CCCC3)o1. The number of nitriles is 1. The first kappa shape index (κ1) is 13.6. The van der Waals surface area contributed by atoms with Gasteiger partial charge in [-0.1, -0.05) is 0 Å². The number of imidazole rings is 1. The van der Waals surface area contributed by atoms with Gasteiger partial charge < -0.3 is 9.40 Å². The summed E-state index contributed by atoms with van der Waals surface area (Å²) in [5, 5.41) is 8.86. The van der Waals surface area contributed by atoms with Crippen LogP contribution in [0.25, 0.3) is 0 Å². The zero-order valence-corrected chi connectivity index (χ0v) is 12.6. The molecule has 4 rings (SSSR count). The standard InChI is InChI=1S/C17H20N4O/c18-10-12-7-8-13(22-12)11-21-9-3-6-16(21)17-19-14-4-1-2-5-15(14)20-17/h7-8,16H,1-6,9,11H2,(H,19,20)/t16-/m0/s1. The maximum absolute atomic E-state index is 8.86. The molecule has 0 aromatic carbocycles. The summed E-state index contributed by atoms with van der Waals surface area (Å²) in [7, 11) is 0. The summed E-state index contributed by atoms with van der Waals surface area (Å²) in [6.07, 6.45) is 7.10. The van der Waals surface area contributed by atoms with Gasteiger partial charge in [-0.25, -0.2) is 4.98 Å². The Morgan fingerprint density at radius 2 is 2.23 bits per heavy atom. The van der Waals surface area contributed by atoms with Crippen molar-refractivity contribution in [3.8, 4) is 6.07 Å². The van der Waals surface area contributed by atoms with Crippen molar-refractivity contribution < 1.29 is 4.42 Å². The number of hydrogen-bond donors (Lipinski definition) is 1. The van der Waals surface area contributed by atoms with E-state index in [1.54, 1.807) is 6.07 Å². The molecule has 0 radical (unpaired) electrons. The molecule has 2 aromatic heterocycles. The number of aromatic nitrogens is 2. The van der Waals surface area contributed by atoms with Crippen LogP contribution >= 0.6 is 0 Å². The number of likely N-dealkylation sites (tertiary alicyclic amines) is 1. The second-order valence-corrected chi connectivity index (χ2v) is 6.26. The van der Waals surface area contributed by atoms with Gasteiger partial charge in [0.2, 0.25) is 5.76 Å². The number of hydrogen-bond acceptors (Lipinski definition) is 4.